The lowest BCUT2D eigenvalue weighted by atomic mass is 10.1. The largest absolute Gasteiger partial charge is 0.492 e. The van der Waals surface area contributed by atoms with Crippen LogP contribution in [0.3, 0.4) is 0 Å². The molecule has 0 N–H and O–H groups in total. The number of allylic oxidation sites excluding steroid dienone is 2. The highest BCUT2D eigenvalue weighted by Crippen LogP contribution is 2.22. The minimum absolute atomic E-state index is 0.160. The van der Waals surface area contributed by atoms with Crippen molar-refractivity contribution >= 4 is 0 Å². The average molecular weight is 433 g/mol. The molecule has 0 bridgehead atoms. The van der Waals surface area contributed by atoms with Crippen LogP contribution in [0.5, 0.6) is 5.75 Å². The molecule has 0 radical (unpaired) electrons. The van der Waals surface area contributed by atoms with E-state index >= 15 is 0 Å². The van der Waals surface area contributed by atoms with Crippen LogP contribution in [-0.4, -0.2) is 49.3 Å². The summed E-state index contributed by atoms with van der Waals surface area (Å²) in [6, 6.07) is 21.8. The Kier molecular flexibility index (Phi) is 8.01. The molecule has 2 aromatic carbocycles. The fourth-order valence-corrected chi connectivity index (χ4v) is 3.65. The molecule has 4 rings (SSSR count). The summed E-state index contributed by atoms with van der Waals surface area (Å²) < 4.78 is 25.5. The number of aromatic nitrogens is 1. The Balaban J connectivity index is 1.26. The van der Waals surface area contributed by atoms with Crippen LogP contribution in [0.15, 0.2) is 84.8 Å². The first-order valence-electron chi connectivity index (χ1n) is 11.1. The van der Waals surface area contributed by atoms with E-state index in [1.54, 1.807) is 12.3 Å². The molecule has 1 aliphatic heterocycles. The molecule has 4 nitrogen and oxygen atoms in total. The molecule has 166 valence electrons. The molecule has 1 aliphatic rings. The first-order chi connectivity index (χ1) is 15.8. The number of rotatable bonds is 9. The number of hydrogen-bond acceptors (Lipinski definition) is 4. The van der Waals surface area contributed by atoms with Gasteiger partial charge in [-0.25, -0.2) is 4.39 Å². The first-order valence-corrected chi connectivity index (χ1v) is 11.1. The summed E-state index contributed by atoms with van der Waals surface area (Å²) in [6.45, 7) is 5.12. The van der Waals surface area contributed by atoms with Gasteiger partial charge in [0.05, 0.1) is 13.2 Å². The van der Waals surface area contributed by atoms with Crippen LogP contribution in [0.25, 0.3) is 11.1 Å². The summed E-state index contributed by atoms with van der Waals surface area (Å²) in [5.41, 5.74) is 3.88. The smallest absolute Gasteiger partial charge is 0.119 e. The van der Waals surface area contributed by atoms with E-state index in [4.69, 9.17) is 9.47 Å². The Morgan fingerprint density at radius 2 is 1.72 bits per heavy atom. The van der Waals surface area contributed by atoms with E-state index in [1.807, 2.05) is 66.7 Å². The normalized spacial score (nSPS) is 15.0. The topological polar surface area (TPSA) is 34.6 Å². The number of pyridine rings is 1. The molecule has 32 heavy (non-hydrogen) atoms. The van der Waals surface area contributed by atoms with Crippen molar-refractivity contribution in [2.24, 2.45) is 0 Å². The molecule has 0 atom stereocenters. The van der Waals surface area contributed by atoms with Crippen LogP contribution < -0.4 is 4.74 Å². The van der Waals surface area contributed by atoms with Gasteiger partial charge in [0.15, 0.2) is 0 Å². The first kappa shape index (κ1) is 22.2. The van der Waals surface area contributed by atoms with Gasteiger partial charge in [0.25, 0.3) is 0 Å². The van der Waals surface area contributed by atoms with E-state index in [0.717, 1.165) is 61.0 Å². The Hall–Kier alpha value is -3.02. The Morgan fingerprint density at radius 1 is 0.969 bits per heavy atom. The lowest BCUT2D eigenvalue weighted by molar-refractivity contribution is 0.0322. The molecular weight excluding hydrogens is 403 g/mol. The van der Waals surface area contributed by atoms with Gasteiger partial charge in [-0.15, -0.1) is 0 Å². The van der Waals surface area contributed by atoms with Gasteiger partial charge in [-0.3, -0.25) is 9.88 Å². The van der Waals surface area contributed by atoms with Crippen LogP contribution in [-0.2, 0) is 17.6 Å². The predicted octanol–water partition coefficient (Wildman–Crippen LogP) is 5.10. The van der Waals surface area contributed by atoms with Gasteiger partial charge in [-0.1, -0.05) is 48.5 Å². The van der Waals surface area contributed by atoms with E-state index < -0.39 is 0 Å². The minimum Gasteiger partial charge on any atom is -0.492 e. The van der Waals surface area contributed by atoms with Crippen molar-refractivity contribution in [3.05, 3.63) is 96.1 Å². The van der Waals surface area contributed by atoms with Crippen molar-refractivity contribution in [1.29, 1.82) is 0 Å². The highest BCUT2D eigenvalue weighted by atomic mass is 19.1. The van der Waals surface area contributed by atoms with Gasteiger partial charge in [0, 0.05) is 43.5 Å². The third-order valence-corrected chi connectivity index (χ3v) is 5.54. The van der Waals surface area contributed by atoms with Gasteiger partial charge >= 0.3 is 0 Å². The molecule has 0 unspecified atom stereocenters. The van der Waals surface area contributed by atoms with Gasteiger partial charge in [-0.05, 0) is 41.8 Å². The van der Waals surface area contributed by atoms with Gasteiger partial charge in [-0.2, -0.15) is 0 Å². The van der Waals surface area contributed by atoms with E-state index in [9.17, 15) is 4.39 Å². The van der Waals surface area contributed by atoms with E-state index in [1.165, 1.54) is 0 Å². The molecule has 2 heterocycles. The molecule has 0 spiro atoms. The summed E-state index contributed by atoms with van der Waals surface area (Å²) in [7, 11) is 0. The summed E-state index contributed by atoms with van der Waals surface area (Å²) in [6.07, 6.45) is 4.23. The van der Waals surface area contributed by atoms with E-state index in [0.29, 0.717) is 13.0 Å². The zero-order valence-electron chi connectivity index (χ0n) is 18.3. The molecule has 1 saturated heterocycles. The fraction of sp³-hybridized carbons (Fsp3) is 0.296. The lowest BCUT2D eigenvalue weighted by Gasteiger charge is -2.26. The molecule has 0 saturated carbocycles. The van der Waals surface area contributed by atoms with Crippen molar-refractivity contribution in [2.75, 3.05) is 39.5 Å². The fourth-order valence-electron chi connectivity index (χ4n) is 3.65. The molecule has 1 aromatic heterocycles. The van der Waals surface area contributed by atoms with Crippen LogP contribution in [0.1, 0.15) is 11.3 Å². The second kappa shape index (κ2) is 11.6. The summed E-state index contributed by atoms with van der Waals surface area (Å²) in [5.74, 6) is 0.699. The minimum atomic E-state index is -0.160. The van der Waals surface area contributed by atoms with Gasteiger partial charge < -0.3 is 9.47 Å². The van der Waals surface area contributed by atoms with Crippen molar-refractivity contribution in [1.82, 2.24) is 9.88 Å². The summed E-state index contributed by atoms with van der Waals surface area (Å²) >= 11 is 0. The van der Waals surface area contributed by atoms with E-state index in [2.05, 4.69) is 9.88 Å². The molecule has 0 aliphatic carbocycles. The maximum absolute atomic E-state index is 14.3. The second-order valence-electron chi connectivity index (χ2n) is 7.88. The van der Waals surface area contributed by atoms with Crippen molar-refractivity contribution < 1.29 is 13.9 Å². The molecule has 0 amide bonds. The SMILES string of the molecule is F/C(=C\Cc1ccccc1)Cc1ccc(-c2ccc(OCCN3CCOCC3)cc2)cn1. The van der Waals surface area contributed by atoms with Gasteiger partial charge in [0.1, 0.15) is 18.2 Å². The molecule has 3 aromatic rings. The Labute approximate surface area is 189 Å². The number of morpholine rings is 1. The zero-order valence-corrected chi connectivity index (χ0v) is 18.3. The molecular formula is C27H29FN2O2. The Bertz CT molecular complexity index is 982. The third kappa shape index (κ3) is 6.74. The van der Waals surface area contributed by atoms with Crippen molar-refractivity contribution in [3.8, 4) is 16.9 Å². The summed E-state index contributed by atoms with van der Waals surface area (Å²) in [4.78, 5) is 6.80. The molecule has 5 heteroatoms. The number of halogens is 1. The van der Waals surface area contributed by atoms with Crippen LogP contribution in [0.4, 0.5) is 4.39 Å². The van der Waals surface area contributed by atoms with Crippen LogP contribution in [0.2, 0.25) is 0 Å². The second-order valence-corrected chi connectivity index (χ2v) is 7.88. The van der Waals surface area contributed by atoms with Crippen LogP contribution >= 0.6 is 0 Å². The van der Waals surface area contributed by atoms with E-state index in [-0.39, 0.29) is 12.2 Å². The highest BCUT2D eigenvalue weighted by molar-refractivity contribution is 5.63. The standard InChI is InChI=1S/C27H29FN2O2/c28-25(10-6-22-4-2-1-3-5-22)20-26-11-7-24(21-29-26)23-8-12-27(13-9-23)32-19-16-30-14-17-31-18-15-30/h1-5,7-13,21H,6,14-20H2/b25-10-. The summed E-state index contributed by atoms with van der Waals surface area (Å²) in [5, 5.41) is 0. The Morgan fingerprint density at radius 3 is 2.44 bits per heavy atom. The van der Waals surface area contributed by atoms with Crippen molar-refractivity contribution in [2.45, 2.75) is 12.8 Å². The predicted molar refractivity (Wildman–Crippen MR) is 125 cm³/mol. The molecule has 1 fully saturated rings. The van der Waals surface area contributed by atoms with Crippen molar-refractivity contribution in [3.63, 3.8) is 0 Å². The maximum Gasteiger partial charge on any atom is 0.119 e. The number of ether oxygens (including phenoxy) is 2. The lowest BCUT2D eigenvalue weighted by Crippen LogP contribution is -2.38. The van der Waals surface area contributed by atoms with Crippen LogP contribution in [0, 0.1) is 0 Å². The third-order valence-electron chi connectivity index (χ3n) is 5.54. The zero-order chi connectivity index (χ0) is 22.0. The highest BCUT2D eigenvalue weighted by Gasteiger charge is 2.10. The number of benzene rings is 2. The quantitative estimate of drug-likeness (QED) is 0.471. The maximum atomic E-state index is 14.3. The number of hydrogen-bond donors (Lipinski definition) is 0. The number of nitrogens with zero attached hydrogens (tertiary/aromatic N) is 2. The monoisotopic (exact) mass is 432 g/mol. The van der Waals surface area contributed by atoms with Gasteiger partial charge in [0.2, 0.25) is 0 Å². The average Bonchev–Trinajstić information content (AvgIpc) is 2.85.